The molecule has 0 fully saturated rings. The van der Waals surface area contributed by atoms with Gasteiger partial charge in [0.1, 0.15) is 11.2 Å². The molecule has 0 aromatic heterocycles. The van der Waals surface area contributed by atoms with Gasteiger partial charge in [-0.15, -0.1) is 0 Å². The van der Waals surface area contributed by atoms with Crippen LogP contribution in [0.2, 0.25) is 0 Å². The molecule has 218 valence electrons. The summed E-state index contributed by atoms with van der Waals surface area (Å²) in [5.41, 5.74) is -0.560. The summed E-state index contributed by atoms with van der Waals surface area (Å²) in [4.78, 5) is 61.9. The Balaban J connectivity index is 3.06. The Hall–Kier alpha value is -1.64. The third kappa shape index (κ3) is 12.6. The van der Waals surface area contributed by atoms with Crippen LogP contribution in [0.3, 0.4) is 0 Å². The molecule has 5 amide bonds. The molecule has 0 bridgehead atoms. The van der Waals surface area contributed by atoms with Gasteiger partial charge in [-0.1, -0.05) is 0 Å². The molecule has 0 unspecified atom stereocenters. The van der Waals surface area contributed by atoms with Crippen molar-refractivity contribution in [3.63, 3.8) is 0 Å². The Morgan fingerprint density at radius 3 is 1.26 bits per heavy atom. The first-order valence-corrected chi connectivity index (χ1v) is 15.1. The lowest BCUT2D eigenvalue weighted by Gasteiger charge is -2.21. The van der Waals surface area contributed by atoms with Crippen molar-refractivity contribution in [2.75, 3.05) is 31.5 Å². The molecule has 0 saturated carbocycles. The third-order valence-electron chi connectivity index (χ3n) is 4.23. The molecule has 1 aromatic carbocycles. The summed E-state index contributed by atoms with van der Waals surface area (Å²) in [6, 6.07) is 0. The normalized spacial score (nSPS) is 11.2. The average Bonchev–Trinajstić information content (AvgIpc) is 2.74. The van der Waals surface area contributed by atoms with E-state index in [-0.39, 0.29) is 43.2 Å². The molecule has 39 heavy (non-hydrogen) atoms. The van der Waals surface area contributed by atoms with Crippen LogP contribution in [0.5, 0.6) is 0 Å². The summed E-state index contributed by atoms with van der Waals surface area (Å²) in [5, 5.41) is 13.3. The zero-order valence-electron chi connectivity index (χ0n) is 22.8. The Kier molecular flexibility index (Phi) is 14.0. The maximum atomic E-state index is 13.2. The number of halogens is 3. The minimum Gasteiger partial charge on any atom is -0.444 e. The number of carbonyl (C=O) groups is 5. The number of alkyl carbamates (subject to hydrolysis) is 2. The van der Waals surface area contributed by atoms with Crippen LogP contribution in [-0.2, 0) is 14.3 Å². The fourth-order valence-corrected chi connectivity index (χ4v) is 7.25. The molecule has 1 aromatic rings. The molecular formula is C24H34I3N5O7. The Labute approximate surface area is 269 Å². The molecule has 0 spiro atoms. The van der Waals surface area contributed by atoms with E-state index in [0.717, 1.165) is 0 Å². The standard InChI is InChI=1S/C24H34I3N5O7/c1-12(33)32-18-16(26)13(19(34)28-8-10-30-21(36)38-23(2,3)4)15(25)14(17(18)27)20(35)29-9-11-31-22(37)39-24(5,6)7/h8-11H2,1-7H3,(H,28,34)(H,29,35)(H,30,36)(H,31,37)(H,32,33). The van der Waals surface area contributed by atoms with E-state index in [1.165, 1.54) is 6.92 Å². The van der Waals surface area contributed by atoms with Crippen molar-refractivity contribution in [3.05, 3.63) is 21.8 Å². The largest absolute Gasteiger partial charge is 0.444 e. The zero-order chi connectivity index (χ0) is 30.1. The minimum atomic E-state index is -0.649. The predicted molar refractivity (Wildman–Crippen MR) is 172 cm³/mol. The molecule has 0 heterocycles. The lowest BCUT2D eigenvalue weighted by molar-refractivity contribution is -0.114. The summed E-state index contributed by atoms with van der Waals surface area (Å²) < 4.78 is 11.6. The number of ether oxygens (including phenoxy) is 2. The Morgan fingerprint density at radius 2 is 0.949 bits per heavy atom. The average molecular weight is 885 g/mol. The number of amides is 5. The van der Waals surface area contributed by atoms with Crippen LogP contribution in [-0.4, -0.2) is 67.3 Å². The van der Waals surface area contributed by atoms with E-state index in [1.54, 1.807) is 41.5 Å². The van der Waals surface area contributed by atoms with Gasteiger partial charge in [0.2, 0.25) is 5.91 Å². The van der Waals surface area contributed by atoms with Crippen molar-refractivity contribution < 1.29 is 33.4 Å². The van der Waals surface area contributed by atoms with Crippen LogP contribution in [0.1, 0.15) is 69.2 Å². The number of benzene rings is 1. The van der Waals surface area contributed by atoms with Gasteiger partial charge >= 0.3 is 12.2 Å². The minimum absolute atomic E-state index is 0.101. The first-order chi connectivity index (χ1) is 17.8. The highest BCUT2D eigenvalue weighted by Crippen LogP contribution is 2.35. The summed E-state index contributed by atoms with van der Waals surface area (Å²) in [7, 11) is 0. The highest BCUT2D eigenvalue weighted by Gasteiger charge is 2.28. The van der Waals surface area contributed by atoms with Gasteiger partial charge in [-0.25, -0.2) is 9.59 Å². The van der Waals surface area contributed by atoms with Crippen LogP contribution < -0.4 is 26.6 Å². The van der Waals surface area contributed by atoms with E-state index < -0.39 is 35.2 Å². The molecule has 0 aliphatic heterocycles. The monoisotopic (exact) mass is 885 g/mol. The molecule has 0 saturated heterocycles. The van der Waals surface area contributed by atoms with Gasteiger partial charge in [-0.2, -0.15) is 0 Å². The van der Waals surface area contributed by atoms with Crippen LogP contribution in [0.25, 0.3) is 0 Å². The number of rotatable bonds is 9. The smallest absolute Gasteiger partial charge is 0.407 e. The van der Waals surface area contributed by atoms with E-state index >= 15 is 0 Å². The fourth-order valence-electron chi connectivity index (χ4n) is 2.83. The highest BCUT2D eigenvalue weighted by molar-refractivity contribution is 14.1. The SMILES string of the molecule is CC(=O)Nc1c(I)c(C(=O)NCCNC(=O)OC(C)(C)C)c(I)c(C(=O)NCCNC(=O)OC(C)(C)C)c1I. The number of anilines is 1. The Morgan fingerprint density at radius 1 is 0.615 bits per heavy atom. The Bertz CT molecular complexity index is 1040. The number of nitrogens with one attached hydrogen (secondary N) is 5. The van der Waals surface area contributed by atoms with E-state index in [9.17, 15) is 24.0 Å². The highest BCUT2D eigenvalue weighted by atomic mass is 127. The van der Waals surface area contributed by atoms with E-state index in [1.807, 2.05) is 67.8 Å². The van der Waals surface area contributed by atoms with Crippen molar-refractivity contribution in [1.82, 2.24) is 21.3 Å². The van der Waals surface area contributed by atoms with Gasteiger partial charge in [0.15, 0.2) is 0 Å². The lowest BCUT2D eigenvalue weighted by Crippen LogP contribution is -2.39. The zero-order valence-corrected chi connectivity index (χ0v) is 29.3. The van der Waals surface area contributed by atoms with Gasteiger partial charge < -0.3 is 36.1 Å². The van der Waals surface area contributed by atoms with Crippen LogP contribution >= 0.6 is 67.8 Å². The maximum absolute atomic E-state index is 13.2. The van der Waals surface area contributed by atoms with Gasteiger partial charge in [-0.05, 0) is 109 Å². The van der Waals surface area contributed by atoms with Crippen molar-refractivity contribution in [2.45, 2.75) is 59.7 Å². The summed E-state index contributed by atoms with van der Waals surface area (Å²) in [6.07, 6.45) is -1.22. The fraction of sp³-hybridized carbons (Fsp3) is 0.542. The van der Waals surface area contributed by atoms with Crippen LogP contribution in [0.4, 0.5) is 15.3 Å². The molecule has 0 aliphatic carbocycles. The molecule has 1 rings (SSSR count). The van der Waals surface area contributed by atoms with Gasteiger partial charge in [0, 0.05) is 36.7 Å². The maximum Gasteiger partial charge on any atom is 0.407 e. The molecule has 0 aliphatic rings. The van der Waals surface area contributed by atoms with Crippen molar-refractivity contribution in [1.29, 1.82) is 0 Å². The van der Waals surface area contributed by atoms with E-state index in [4.69, 9.17) is 9.47 Å². The van der Waals surface area contributed by atoms with Crippen molar-refractivity contribution in [2.24, 2.45) is 0 Å². The van der Waals surface area contributed by atoms with Gasteiger partial charge in [0.05, 0.1) is 24.0 Å². The van der Waals surface area contributed by atoms with E-state index in [2.05, 4.69) is 26.6 Å². The number of hydrogen-bond acceptors (Lipinski definition) is 7. The number of carbonyl (C=O) groups excluding carboxylic acids is 5. The molecule has 5 N–H and O–H groups in total. The first kappa shape index (κ1) is 35.4. The van der Waals surface area contributed by atoms with Gasteiger partial charge in [0.25, 0.3) is 11.8 Å². The third-order valence-corrected chi connectivity index (χ3v) is 7.47. The van der Waals surface area contributed by atoms with Crippen molar-refractivity contribution >= 4 is 103 Å². The molecule has 0 radical (unpaired) electrons. The molecule has 0 atom stereocenters. The molecular weight excluding hydrogens is 851 g/mol. The van der Waals surface area contributed by atoms with Crippen LogP contribution in [0.15, 0.2) is 0 Å². The van der Waals surface area contributed by atoms with E-state index in [0.29, 0.717) is 16.4 Å². The van der Waals surface area contributed by atoms with Crippen molar-refractivity contribution in [3.8, 4) is 0 Å². The predicted octanol–water partition coefficient (Wildman–Crippen LogP) is 3.97. The lowest BCUT2D eigenvalue weighted by atomic mass is 10.1. The topological polar surface area (TPSA) is 164 Å². The summed E-state index contributed by atoms with van der Waals surface area (Å²) in [6.45, 7) is 12.2. The molecule has 15 heteroatoms. The first-order valence-electron chi connectivity index (χ1n) is 11.8. The van der Waals surface area contributed by atoms with Gasteiger partial charge in [-0.3, -0.25) is 14.4 Å². The van der Waals surface area contributed by atoms with Crippen LogP contribution in [0, 0.1) is 10.7 Å². The molecule has 12 nitrogen and oxygen atoms in total. The number of hydrogen-bond donors (Lipinski definition) is 5. The second-order valence-electron chi connectivity index (χ2n) is 10.1. The quantitative estimate of drug-likeness (QED) is 0.185. The second-order valence-corrected chi connectivity index (χ2v) is 13.4. The summed E-state index contributed by atoms with van der Waals surface area (Å²) >= 11 is 5.83. The second kappa shape index (κ2) is 15.4. The summed E-state index contributed by atoms with van der Waals surface area (Å²) in [5.74, 6) is -1.34.